The van der Waals surface area contributed by atoms with Gasteiger partial charge in [-0.3, -0.25) is 0 Å². The van der Waals surface area contributed by atoms with Crippen LogP contribution in [0, 0.1) is 5.92 Å². The van der Waals surface area contributed by atoms with E-state index in [1.807, 2.05) is 6.07 Å². The van der Waals surface area contributed by atoms with E-state index >= 15 is 0 Å². The van der Waals surface area contributed by atoms with Crippen molar-refractivity contribution in [3.05, 3.63) is 33.8 Å². The van der Waals surface area contributed by atoms with Crippen LogP contribution in [0.1, 0.15) is 41.6 Å². The quantitative estimate of drug-likeness (QED) is 0.797. The second kappa shape index (κ2) is 7.92. The molecule has 0 heterocycles. The molecule has 0 aromatic heterocycles. The summed E-state index contributed by atoms with van der Waals surface area (Å²) in [5.74, 6) is 0.0229. The normalized spacial score (nSPS) is 22.0. The third-order valence-electron chi connectivity index (χ3n) is 4.17. The first-order valence-corrected chi connectivity index (χ1v) is 8.16. The van der Waals surface area contributed by atoms with Crippen LogP contribution in [0.15, 0.2) is 22.7 Å². The highest BCUT2D eigenvalue weighted by Crippen LogP contribution is 2.25. The highest BCUT2D eigenvalue weighted by molar-refractivity contribution is 9.10. The molecule has 1 aliphatic carbocycles. The second-order valence-corrected chi connectivity index (χ2v) is 6.37. The number of aliphatic hydroxyl groups is 1. The lowest BCUT2D eigenvalue weighted by atomic mass is 9.85. The average Bonchev–Trinajstić information content (AvgIpc) is 2.53. The maximum absolute atomic E-state index is 11.5. The van der Waals surface area contributed by atoms with Gasteiger partial charge in [-0.15, -0.1) is 0 Å². The van der Waals surface area contributed by atoms with Gasteiger partial charge in [0, 0.05) is 23.7 Å². The molecule has 116 valence electrons. The molecule has 0 amide bonds. The van der Waals surface area contributed by atoms with Crippen molar-refractivity contribution < 1.29 is 14.6 Å². The largest absolute Gasteiger partial charge is 0.465 e. The van der Waals surface area contributed by atoms with Gasteiger partial charge in [0.25, 0.3) is 0 Å². The molecule has 1 fully saturated rings. The molecule has 0 radical (unpaired) electrons. The van der Waals surface area contributed by atoms with Gasteiger partial charge >= 0.3 is 5.97 Å². The lowest BCUT2D eigenvalue weighted by Gasteiger charge is -2.31. The third kappa shape index (κ3) is 4.28. The van der Waals surface area contributed by atoms with E-state index < -0.39 is 0 Å². The van der Waals surface area contributed by atoms with E-state index in [1.165, 1.54) is 20.0 Å². The van der Waals surface area contributed by atoms with Crippen LogP contribution in [0.3, 0.4) is 0 Å². The number of nitrogens with one attached hydrogen (secondary N) is 1. The van der Waals surface area contributed by atoms with Crippen molar-refractivity contribution in [3.63, 3.8) is 0 Å². The van der Waals surface area contributed by atoms with Crippen molar-refractivity contribution in [1.29, 1.82) is 0 Å². The van der Waals surface area contributed by atoms with E-state index in [0.717, 1.165) is 29.4 Å². The Bertz CT molecular complexity index is 492. The molecule has 1 aliphatic rings. The summed E-state index contributed by atoms with van der Waals surface area (Å²) in [4.78, 5) is 11.5. The maximum atomic E-state index is 11.5. The van der Waals surface area contributed by atoms with Gasteiger partial charge in [0.2, 0.25) is 0 Å². The van der Waals surface area contributed by atoms with Gasteiger partial charge < -0.3 is 15.2 Å². The topological polar surface area (TPSA) is 58.6 Å². The highest BCUT2D eigenvalue weighted by Gasteiger charge is 2.24. The number of ether oxygens (including phenoxy) is 1. The number of rotatable bonds is 5. The first-order valence-electron chi connectivity index (χ1n) is 7.36. The number of halogens is 1. The molecule has 2 N–H and O–H groups in total. The van der Waals surface area contributed by atoms with Gasteiger partial charge in [-0.25, -0.2) is 4.79 Å². The minimum atomic E-state index is -0.331. The first-order chi connectivity index (χ1) is 10.2. The molecule has 2 rings (SSSR count). The molecule has 1 saturated carbocycles. The average molecular weight is 356 g/mol. The number of hydrogen-bond acceptors (Lipinski definition) is 4. The molecule has 0 aliphatic heterocycles. The number of methoxy groups -OCH3 is 1. The summed E-state index contributed by atoms with van der Waals surface area (Å²) in [6.45, 7) is 0.976. The SMILES string of the molecule is COC(=O)c1ccc(CNC2CCCCC2CO)c(Br)c1. The van der Waals surface area contributed by atoms with Crippen molar-refractivity contribution in [2.45, 2.75) is 38.3 Å². The van der Waals surface area contributed by atoms with Crippen LogP contribution in [-0.2, 0) is 11.3 Å². The van der Waals surface area contributed by atoms with Crippen molar-refractivity contribution in [2.24, 2.45) is 5.92 Å². The predicted octanol–water partition coefficient (Wildman–Crippen LogP) is 2.88. The van der Waals surface area contributed by atoms with Gasteiger partial charge in [-0.05, 0) is 36.5 Å². The van der Waals surface area contributed by atoms with Gasteiger partial charge in [-0.2, -0.15) is 0 Å². The fourth-order valence-electron chi connectivity index (χ4n) is 2.87. The third-order valence-corrected chi connectivity index (χ3v) is 4.91. The summed E-state index contributed by atoms with van der Waals surface area (Å²) < 4.78 is 5.61. The van der Waals surface area contributed by atoms with E-state index in [2.05, 4.69) is 21.2 Å². The predicted molar refractivity (Wildman–Crippen MR) is 85.2 cm³/mol. The number of carbonyl (C=O) groups is 1. The maximum Gasteiger partial charge on any atom is 0.337 e. The first kappa shape index (κ1) is 16.5. The minimum Gasteiger partial charge on any atom is -0.465 e. The summed E-state index contributed by atoms with van der Waals surface area (Å²) in [5.41, 5.74) is 1.64. The second-order valence-electron chi connectivity index (χ2n) is 5.51. The molecule has 4 nitrogen and oxygen atoms in total. The zero-order valence-corrected chi connectivity index (χ0v) is 13.9. The van der Waals surface area contributed by atoms with Crippen molar-refractivity contribution in [2.75, 3.05) is 13.7 Å². The molecule has 0 spiro atoms. The van der Waals surface area contributed by atoms with Crippen molar-refractivity contribution >= 4 is 21.9 Å². The molecular formula is C16H22BrNO3. The number of aliphatic hydroxyl groups excluding tert-OH is 1. The summed E-state index contributed by atoms with van der Waals surface area (Å²) in [6.07, 6.45) is 4.64. The summed E-state index contributed by atoms with van der Waals surface area (Å²) >= 11 is 3.50. The lowest BCUT2D eigenvalue weighted by Crippen LogP contribution is -2.39. The Hall–Kier alpha value is -0.910. The Morgan fingerprint density at radius 1 is 1.43 bits per heavy atom. The zero-order chi connectivity index (χ0) is 15.2. The zero-order valence-electron chi connectivity index (χ0n) is 12.3. The van der Waals surface area contributed by atoms with Crippen LogP contribution in [0.2, 0.25) is 0 Å². The molecular weight excluding hydrogens is 334 g/mol. The Labute approximate surface area is 134 Å². The van der Waals surface area contributed by atoms with E-state index in [1.54, 1.807) is 12.1 Å². The van der Waals surface area contributed by atoms with E-state index in [0.29, 0.717) is 17.5 Å². The Kier molecular flexibility index (Phi) is 6.21. The molecule has 5 heteroatoms. The van der Waals surface area contributed by atoms with Gasteiger partial charge in [-0.1, -0.05) is 34.8 Å². The van der Waals surface area contributed by atoms with E-state index in [-0.39, 0.29) is 12.6 Å². The van der Waals surface area contributed by atoms with Crippen molar-refractivity contribution in [3.8, 4) is 0 Å². The number of hydrogen-bond donors (Lipinski definition) is 2. The summed E-state index contributed by atoms with van der Waals surface area (Å²) in [6, 6.07) is 5.86. The van der Waals surface area contributed by atoms with Crippen LogP contribution in [0.25, 0.3) is 0 Å². The smallest absolute Gasteiger partial charge is 0.337 e. The van der Waals surface area contributed by atoms with Crippen LogP contribution >= 0.6 is 15.9 Å². The van der Waals surface area contributed by atoms with Crippen LogP contribution < -0.4 is 5.32 Å². The summed E-state index contributed by atoms with van der Waals surface area (Å²) in [7, 11) is 1.38. The lowest BCUT2D eigenvalue weighted by molar-refractivity contribution is 0.0600. The van der Waals surface area contributed by atoms with Crippen LogP contribution in [0.4, 0.5) is 0 Å². The highest BCUT2D eigenvalue weighted by atomic mass is 79.9. The minimum absolute atomic E-state index is 0.250. The van der Waals surface area contributed by atoms with Gasteiger partial charge in [0.1, 0.15) is 0 Å². The molecule has 2 unspecified atom stereocenters. The Morgan fingerprint density at radius 3 is 2.86 bits per heavy atom. The number of benzene rings is 1. The molecule has 0 bridgehead atoms. The van der Waals surface area contributed by atoms with Gasteiger partial charge in [0.15, 0.2) is 0 Å². The number of esters is 1. The Balaban J connectivity index is 1.98. The molecule has 1 aromatic carbocycles. The molecule has 21 heavy (non-hydrogen) atoms. The molecule has 2 atom stereocenters. The van der Waals surface area contributed by atoms with Crippen LogP contribution in [0.5, 0.6) is 0 Å². The van der Waals surface area contributed by atoms with E-state index in [9.17, 15) is 9.90 Å². The molecule has 1 aromatic rings. The molecule has 0 saturated heterocycles. The van der Waals surface area contributed by atoms with Crippen molar-refractivity contribution in [1.82, 2.24) is 5.32 Å². The number of carbonyl (C=O) groups excluding carboxylic acids is 1. The van der Waals surface area contributed by atoms with Gasteiger partial charge in [0.05, 0.1) is 12.7 Å². The van der Waals surface area contributed by atoms with E-state index in [4.69, 9.17) is 4.74 Å². The fourth-order valence-corrected chi connectivity index (χ4v) is 3.39. The standard InChI is InChI=1S/C16H22BrNO3/c1-21-16(20)11-6-7-12(14(17)8-11)9-18-15-5-3-2-4-13(15)10-19/h6-8,13,15,18-19H,2-5,9-10H2,1H3. The Morgan fingerprint density at radius 2 is 2.19 bits per heavy atom. The van der Waals surface area contributed by atoms with Crippen LogP contribution in [-0.4, -0.2) is 30.8 Å². The summed E-state index contributed by atoms with van der Waals surface area (Å²) in [5, 5.41) is 13.0. The monoisotopic (exact) mass is 355 g/mol. The fraction of sp³-hybridized carbons (Fsp3) is 0.562.